The standard InChI is InChI=1S/C18H28N2O3S/c1-2-19-11-6-12-20(16-18(19)9-13-23-14-10-18)24(21,22)15-17-7-4-3-5-8-17/h3-5,7-8H,2,6,9-16H2,1H3. The van der Waals surface area contributed by atoms with Crippen molar-refractivity contribution < 1.29 is 13.2 Å². The number of rotatable bonds is 4. The van der Waals surface area contributed by atoms with Crippen molar-refractivity contribution in [2.45, 2.75) is 37.5 Å². The van der Waals surface area contributed by atoms with Crippen LogP contribution in [-0.4, -0.2) is 62.6 Å². The van der Waals surface area contributed by atoms with Crippen molar-refractivity contribution >= 4 is 10.0 Å². The Labute approximate surface area is 145 Å². The number of ether oxygens (including phenoxy) is 1. The van der Waals surface area contributed by atoms with Crippen LogP contribution >= 0.6 is 0 Å². The van der Waals surface area contributed by atoms with Gasteiger partial charge in [0.2, 0.25) is 10.0 Å². The van der Waals surface area contributed by atoms with Crippen molar-refractivity contribution in [1.82, 2.24) is 9.21 Å². The lowest BCUT2D eigenvalue weighted by Gasteiger charge is -2.46. The topological polar surface area (TPSA) is 49.9 Å². The number of benzene rings is 1. The number of nitrogens with zero attached hydrogens (tertiary/aromatic N) is 2. The van der Waals surface area contributed by atoms with Gasteiger partial charge in [-0.2, -0.15) is 4.31 Å². The molecule has 1 spiro atoms. The SMILES string of the molecule is CCN1CCCN(S(=O)(=O)Cc2ccccc2)CC12CCOCC2. The van der Waals surface area contributed by atoms with Crippen molar-refractivity contribution in [1.29, 1.82) is 0 Å². The number of sulfonamides is 1. The number of likely N-dealkylation sites (N-methyl/N-ethyl adjacent to an activating group) is 1. The molecule has 1 aromatic rings. The van der Waals surface area contributed by atoms with Gasteiger partial charge in [0.15, 0.2) is 0 Å². The summed E-state index contributed by atoms with van der Waals surface area (Å²) in [6, 6.07) is 9.48. The zero-order valence-electron chi connectivity index (χ0n) is 14.5. The van der Waals surface area contributed by atoms with Crippen LogP contribution in [0.3, 0.4) is 0 Å². The normalized spacial score (nSPS) is 23.2. The van der Waals surface area contributed by atoms with E-state index in [9.17, 15) is 8.42 Å². The van der Waals surface area contributed by atoms with Gasteiger partial charge in [0.25, 0.3) is 0 Å². The van der Waals surface area contributed by atoms with Crippen LogP contribution in [-0.2, 0) is 20.5 Å². The Bertz CT molecular complexity index is 627. The highest BCUT2D eigenvalue weighted by atomic mass is 32.2. The predicted molar refractivity (Wildman–Crippen MR) is 95.3 cm³/mol. The molecule has 2 aliphatic rings. The van der Waals surface area contributed by atoms with Gasteiger partial charge in [0, 0.05) is 31.8 Å². The fourth-order valence-corrected chi connectivity index (χ4v) is 5.66. The van der Waals surface area contributed by atoms with E-state index in [2.05, 4.69) is 11.8 Å². The summed E-state index contributed by atoms with van der Waals surface area (Å²) in [7, 11) is -3.30. The Morgan fingerprint density at radius 1 is 1.12 bits per heavy atom. The first-order chi connectivity index (χ1) is 11.6. The Morgan fingerprint density at radius 3 is 2.50 bits per heavy atom. The Balaban J connectivity index is 1.82. The summed E-state index contributed by atoms with van der Waals surface area (Å²) in [4.78, 5) is 2.48. The highest BCUT2D eigenvalue weighted by Gasteiger charge is 2.43. The number of hydrogen-bond donors (Lipinski definition) is 0. The lowest BCUT2D eigenvalue weighted by molar-refractivity contribution is -0.0263. The largest absolute Gasteiger partial charge is 0.381 e. The fourth-order valence-electron chi connectivity index (χ4n) is 4.02. The Hall–Kier alpha value is -0.950. The van der Waals surface area contributed by atoms with Crippen LogP contribution in [0.1, 0.15) is 31.7 Å². The molecule has 0 amide bonds. The molecular weight excluding hydrogens is 324 g/mol. The van der Waals surface area contributed by atoms with Crippen molar-refractivity contribution in [2.75, 3.05) is 39.4 Å². The minimum atomic E-state index is -3.30. The van der Waals surface area contributed by atoms with Gasteiger partial charge in [-0.1, -0.05) is 37.3 Å². The van der Waals surface area contributed by atoms with E-state index < -0.39 is 10.0 Å². The van der Waals surface area contributed by atoms with E-state index in [-0.39, 0.29) is 11.3 Å². The Kier molecular flexibility index (Phi) is 5.59. The highest BCUT2D eigenvalue weighted by molar-refractivity contribution is 7.88. The molecular formula is C18H28N2O3S. The molecule has 0 unspecified atom stereocenters. The van der Waals surface area contributed by atoms with Gasteiger partial charge in [-0.3, -0.25) is 4.90 Å². The van der Waals surface area contributed by atoms with Crippen LogP contribution in [0.4, 0.5) is 0 Å². The first-order valence-corrected chi connectivity index (χ1v) is 10.5. The molecule has 0 aliphatic carbocycles. The molecule has 5 nitrogen and oxygen atoms in total. The minimum absolute atomic E-state index is 0.0622. The molecule has 3 rings (SSSR count). The molecule has 0 N–H and O–H groups in total. The van der Waals surface area contributed by atoms with E-state index >= 15 is 0 Å². The second-order valence-electron chi connectivity index (χ2n) is 6.85. The van der Waals surface area contributed by atoms with E-state index in [4.69, 9.17) is 4.74 Å². The average Bonchev–Trinajstić information content (AvgIpc) is 2.76. The van der Waals surface area contributed by atoms with E-state index in [1.54, 1.807) is 4.31 Å². The van der Waals surface area contributed by atoms with Crippen molar-refractivity contribution in [3.05, 3.63) is 35.9 Å². The van der Waals surface area contributed by atoms with Gasteiger partial charge < -0.3 is 4.74 Å². The third-order valence-corrected chi connectivity index (χ3v) is 7.16. The third kappa shape index (κ3) is 3.82. The summed E-state index contributed by atoms with van der Waals surface area (Å²) >= 11 is 0. The first-order valence-electron chi connectivity index (χ1n) is 8.90. The summed E-state index contributed by atoms with van der Waals surface area (Å²) in [6.45, 7) is 6.77. The van der Waals surface area contributed by atoms with Gasteiger partial charge in [-0.05, 0) is 37.9 Å². The molecule has 6 heteroatoms. The second-order valence-corrected chi connectivity index (χ2v) is 8.81. The summed E-state index contributed by atoms with van der Waals surface area (Å²) < 4.78 is 33.3. The average molecular weight is 353 g/mol. The molecule has 0 atom stereocenters. The highest BCUT2D eigenvalue weighted by Crippen LogP contribution is 2.32. The summed E-state index contributed by atoms with van der Waals surface area (Å²) in [5, 5.41) is 0. The quantitative estimate of drug-likeness (QED) is 0.833. The summed E-state index contributed by atoms with van der Waals surface area (Å²) in [5.74, 6) is 0.0898. The van der Waals surface area contributed by atoms with Crippen LogP contribution in [0.25, 0.3) is 0 Å². The molecule has 0 radical (unpaired) electrons. The molecule has 0 aromatic heterocycles. The minimum Gasteiger partial charge on any atom is -0.381 e. The lowest BCUT2D eigenvalue weighted by atomic mass is 9.88. The maximum absolute atomic E-state index is 13.0. The molecule has 2 saturated heterocycles. The molecule has 0 bridgehead atoms. The summed E-state index contributed by atoms with van der Waals surface area (Å²) in [5.41, 5.74) is 0.794. The lowest BCUT2D eigenvalue weighted by Crippen LogP contribution is -2.57. The maximum Gasteiger partial charge on any atom is 0.218 e. The summed E-state index contributed by atoms with van der Waals surface area (Å²) in [6.07, 6.45) is 2.72. The molecule has 0 saturated carbocycles. The van der Waals surface area contributed by atoms with E-state index in [1.165, 1.54) is 0 Å². The smallest absolute Gasteiger partial charge is 0.218 e. The van der Waals surface area contributed by atoms with Crippen LogP contribution in [0.5, 0.6) is 0 Å². The second kappa shape index (κ2) is 7.52. The van der Waals surface area contributed by atoms with Crippen molar-refractivity contribution in [3.63, 3.8) is 0 Å². The number of hydrogen-bond acceptors (Lipinski definition) is 4. The van der Waals surface area contributed by atoms with E-state index in [0.717, 1.165) is 51.1 Å². The predicted octanol–water partition coefficient (Wildman–Crippen LogP) is 2.09. The van der Waals surface area contributed by atoms with Crippen LogP contribution < -0.4 is 0 Å². The first kappa shape index (κ1) is 17.9. The molecule has 1 aromatic carbocycles. The van der Waals surface area contributed by atoms with Gasteiger partial charge in [-0.15, -0.1) is 0 Å². The van der Waals surface area contributed by atoms with Crippen molar-refractivity contribution in [2.24, 2.45) is 0 Å². The van der Waals surface area contributed by atoms with E-state index in [1.807, 2.05) is 30.3 Å². The maximum atomic E-state index is 13.0. The van der Waals surface area contributed by atoms with E-state index in [0.29, 0.717) is 13.1 Å². The fraction of sp³-hybridized carbons (Fsp3) is 0.667. The zero-order chi connectivity index (χ0) is 17.0. The van der Waals surface area contributed by atoms with Crippen LogP contribution in [0, 0.1) is 0 Å². The molecule has 2 aliphatic heterocycles. The molecule has 2 heterocycles. The molecule has 24 heavy (non-hydrogen) atoms. The molecule has 2 fully saturated rings. The van der Waals surface area contributed by atoms with Crippen LogP contribution in [0.2, 0.25) is 0 Å². The Morgan fingerprint density at radius 2 is 1.83 bits per heavy atom. The van der Waals surface area contributed by atoms with Gasteiger partial charge in [0.05, 0.1) is 5.75 Å². The monoisotopic (exact) mass is 352 g/mol. The van der Waals surface area contributed by atoms with Gasteiger partial charge in [0.1, 0.15) is 0 Å². The van der Waals surface area contributed by atoms with Crippen LogP contribution in [0.15, 0.2) is 30.3 Å². The third-order valence-electron chi connectivity index (χ3n) is 5.37. The molecule has 134 valence electrons. The van der Waals surface area contributed by atoms with Gasteiger partial charge >= 0.3 is 0 Å². The zero-order valence-corrected chi connectivity index (χ0v) is 15.3. The van der Waals surface area contributed by atoms with Gasteiger partial charge in [-0.25, -0.2) is 8.42 Å². The van der Waals surface area contributed by atoms with Crippen molar-refractivity contribution in [3.8, 4) is 0 Å².